The SMILES string of the molecule is COc1cccc(CN2CCNC(=O)C2CC(=O)NC2(c3ccccc3)CC2)c1. The average molecular weight is 393 g/mol. The predicted octanol–water partition coefficient (Wildman–Crippen LogP) is 2.19. The lowest BCUT2D eigenvalue weighted by Crippen LogP contribution is -2.56. The molecule has 2 N–H and O–H groups in total. The van der Waals surface area contributed by atoms with E-state index in [0.29, 0.717) is 19.6 Å². The van der Waals surface area contributed by atoms with Crippen LogP contribution in [0.3, 0.4) is 0 Å². The predicted molar refractivity (Wildman–Crippen MR) is 110 cm³/mol. The van der Waals surface area contributed by atoms with Crippen LogP contribution < -0.4 is 15.4 Å². The van der Waals surface area contributed by atoms with Crippen molar-refractivity contribution in [3.05, 3.63) is 65.7 Å². The number of methoxy groups -OCH3 is 1. The van der Waals surface area contributed by atoms with E-state index >= 15 is 0 Å². The van der Waals surface area contributed by atoms with Crippen LogP contribution in [0.4, 0.5) is 0 Å². The number of carbonyl (C=O) groups excluding carboxylic acids is 2. The Morgan fingerprint density at radius 3 is 2.72 bits per heavy atom. The maximum Gasteiger partial charge on any atom is 0.237 e. The number of benzene rings is 2. The highest BCUT2D eigenvalue weighted by Gasteiger charge is 2.46. The summed E-state index contributed by atoms with van der Waals surface area (Å²) in [6, 6.07) is 17.4. The molecule has 1 saturated carbocycles. The normalized spacial score (nSPS) is 20.6. The zero-order valence-corrected chi connectivity index (χ0v) is 16.7. The van der Waals surface area contributed by atoms with Gasteiger partial charge in [0.2, 0.25) is 11.8 Å². The van der Waals surface area contributed by atoms with Crippen molar-refractivity contribution in [2.45, 2.75) is 37.4 Å². The molecule has 1 aliphatic carbocycles. The summed E-state index contributed by atoms with van der Waals surface area (Å²) in [4.78, 5) is 27.5. The molecule has 0 radical (unpaired) electrons. The van der Waals surface area contributed by atoms with Crippen molar-refractivity contribution in [2.24, 2.45) is 0 Å². The molecular formula is C23H27N3O3. The Bertz CT molecular complexity index is 880. The zero-order chi connectivity index (χ0) is 20.3. The number of nitrogens with one attached hydrogen (secondary N) is 2. The smallest absolute Gasteiger partial charge is 0.237 e. The molecule has 29 heavy (non-hydrogen) atoms. The van der Waals surface area contributed by atoms with Crippen LogP contribution in [0.5, 0.6) is 5.75 Å². The number of ether oxygens (including phenoxy) is 1. The summed E-state index contributed by atoms with van der Waals surface area (Å²) in [7, 11) is 1.64. The van der Waals surface area contributed by atoms with Crippen molar-refractivity contribution in [3.8, 4) is 5.75 Å². The van der Waals surface area contributed by atoms with Crippen molar-refractivity contribution in [3.63, 3.8) is 0 Å². The first-order valence-corrected chi connectivity index (χ1v) is 10.1. The first-order chi connectivity index (χ1) is 14.1. The van der Waals surface area contributed by atoms with E-state index in [1.807, 2.05) is 42.5 Å². The van der Waals surface area contributed by atoms with Gasteiger partial charge in [0.05, 0.1) is 25.1 Å². The second-order valence-electron chi connectivity index (χ2n) is 7.83. The van der Waals surface area contributed by atoms with Gasteiger partial charge in [0.15, 0.2) is 0 Å². The molecule has 6 heteroatoms. The lowest BCUT2D eigenvalue weighted by atomic mass is 10.0. The molecule has 152 valence electrons. The van der Waals surface area contributed by atoms with Crippen LogP contribution in [0, 0.1) is 0 Å². The number of piperazine rings is 1. The average Bonchev–Trinajstić information content (AvgIpc) is 3.52. The van der Waals surface area contributed by atoms with Gasteiger partial charge in [0.1, 0.15) is 5.75 Å². The second kappa shape index (κ2) is 8.25. The van der Waals surface area contributed by atoms with Gasteiger partial charge >= 0.3 is 0 Å². The third-order valence-corrected chi connectivity index (χ3v) is 5.80. The van der Waals surface area contributed by atoms with E-state index in [2.05, 4.69) is 27.7 Å². The maximum atomic E-state index is 12.8. The Labute approximate surface area is 171 Å². The van der Waals surface area contributed by atoms with Crippen LogP contribution in [-0.4, -0.2) is 43.0 Å². The Balaban J connectivity index is 1.43. The minimum Gasteiger partial charge on any atom is -0.497 e. The molecule has 2 amide bonds. The van der Waals surface area contributed by atoms with Gasteiger partial charge in [-0.2, -0.15) is 0 Å². The van der Waals surface area contributed by atoms with Crippen LogP contribution in [0.2, 0.25) is 0 Å². The largest absolute Gasteiger partial charge is 0.497 e. The molecule has 1 heterocycles. The van der Waals surface area contributed by atoms with E-state index in [9.17, 15) is 9.59 Å². The first-order valence-electron chi connectivity index (χ1n) is 10.1. The highest BCUT2D eigenvalue weighted by atomic mass is 16.5. The van der Waals surface area contributed by atoms with E-state index in [1.165, 1.54) is 0 Å². The van der Waals surface area contributed by atoms with Crippen molar-refractivity contribution >= 4 is 11.8 Å². The summed E-state index contributed by atoms with van der Waals surface area (Å²) < 4.78 is 5.30. The van der Waals surface area contributed by atoms with E-state index in [0.717, 1.165) is 29.7 Å². The molecule has 2 aromatic carbocycles. The van der Waals surface area contributed by atoms with Crippen molar-refractivity contribution in [2.75, 3.05) is 20.2 Å². The molecule has 4 rings (SSSR count). The van der Waals surface area contributed by atoms with Crippen molar-refractivity contribution in [1.29, 1.82) is 0 Å². The monoisotopic (exact) mass is 393 g/mol. The summed E-state index contributed by atoms with van der Waals surface area (Å²) in [6.07, 6.45) is 2.03. The third-order valence-electron chi connectivity index (χ3n) is 5.80. The molecule has 0 spiro atoms. The fourth-order valence-corrected chi connectivity index (χ4v) is 4.04. The number of hydrogen-bond donors (Lipinski definition) is 2. The minimum absolute atomic E-state index is 0.0796. The molecule has 1 atom stereocenters. The number of nitrogens with zero attached hydrogens (tertiary/aromatic N) is 1. The Kier molecular flexibility index (Phi) is 5.53. The van der Waals surface area contributed by atoms with Gasteiger partial charge in [-0.3, -0.25) is 14.5 Å². The van der Waals surface area contributed by atoms with Gasteiger partial charge < -0.3 is 15.4 Å². The summed E-state index contributed by atoms with van der Waals surface area (Å²) in [5.41, 5.74) is 1.93. The van der Waals surface area contributed by atoms with Gasteiger partial charge in [-0.1, -0.05) is 42.5 Å². The van der Waals surface area contributed by atoms with Crippen LogP contribution in [0.25, 0.3) is 0 Å². The standard InChI is InChI=1S/C23H27N3O3/c1-29-19-9-5-6-17(14-19)16-26-13-12-24-22(28)20(26)15-21(27)25-23(10-11-23)18-7-3-2-4-8-18/h2-9,14,20H,10-13,15-16H2,1H3,(H,24,28)(H,25,27). The second-order valence-corrected chi connectivity index (χ2v) is 7.83. The van der Waals surface area contributed by atoms with Gasteiger partial charge in [0.25, 0.3) is 0 Å². The summed E-state index contributed by atoms with van der Waals surface area (Å²) in [5, 5.41) is 6.09. The molecule has 1 unspecified atom stereocenters. The fourth-order valence-electron chi connectivity index (χ4n) is 4.04. The molecule has 0 aromatic heterocycles. The van der Waals surface area contributed by atoms with E-state index in [-0.39, 0.29) is 23.8 Å². The minimum atomic E-state index is -0.471. The highest BCUT2D eigenvalue weighted by molar-refractivity contribution is 5.89. The molecule has 2 aliphatic rings. The van der Waals surface area contributed by atoms with Crippen molar-refractivity contribution in [1.82, 2.24) is 15.5 Å². The van der Waals surface area contributed by atoms with Crippen LogP contribution in [0.1, 0.15) is 30.4 Å². The van der Waals surface area contributed by atoms with E-state index < -0.39 is 6.04 Å². The maximum absolute atomic E-state index is 12.8. The summed E-state index contributed by atoms with van der Waals surface area (Å²) in [6.45, 7) is 1.91. The van der Waals surface area contributed by atoms with Crippen LogP contribution in [-0.2, 0) is 21.7 Å². The zero-order valence-electron chi connectivity index (χ0n) is 16.7. The summed E-state index contributed by atoms with van der Waals surface area (Å²) >= 11 is 0. The van der Waals surface area contributed by atoms with Crippen LogP contribution in [0.15, 0.2) is 54.6 Å². The lowest BCUT2D eigenvalue weighted by Gasteiger charge is -2.35. The fraction of sp³-hybridized carbons (Fsp3) is 0.391. The van der Waals surface area contributed by atoms with Gasteiger partial charge in [-0.15, -0.1) is 0 Å². The van der Waals surface area contributed by atoms with Gasteiger partial charge in [-0.25, -0.2) is 0 Å². The highest BCUT2D eigenvalue weighted by Crippen LogP contribution is 2.45. The Hall–Kier alpha value is -2.86. The molecular weight excluding hydrogens is 366 g/mol. The quantitative estimate of drug-likeness (QED) is 0.757. The number of carbonyl (C=O) groups is 2. The lowest BCUT2D eigenvalue weighted by molar-refractivity contribution is -0.134. The van der Waals surface area contributed by atoms with Crippen molar-refractivity contribution < 1.29 is 14.3 Å². The number of rotatable bonds is 7. The molecule has 6 nitrogen and oxygen atoms in total. The van der Waals surface area contributed by atoms with Gasteiger partial charge in [-0.05, 0) is 36.1 Å². The number of hydrogen-bond acceptors (Lipinski definition) is 4. The van der Waals surface area contributed by atoms with Crippen LogP contribution >= 0.6 is 0 Å². The third kappa shape index (κ3) is 4.43. The van der Waals surface area contributed by atoms with E-state index in [1.54, 1.807) is 7.11 Å². The molecule has 1 saturated heterocycles. The molecule has 2 aromatic rings. The first kappa shape index (κ1) is 19.5. The van der Waals surface area contributed by atoms with Gasteiger partial charge in [0, 0.05) is 19.6 Å². The molecule has 1 aliphatic heterocycles. The topological polar surface area (TPSA) is 70.7 Å². The Morgan fingerprint density at radius 1 is 1.21 bits per heavy atom. The molecule has 0 bridgehead atoms. The Morgan fingerprint density at radius 2 is 2.00 bits per heavy atom. The summed E-state index contributed by atoms with van der Waals surface area (Å²) in [5.74, 6) is 0.625. The van der Waals surface area contributed by atoms with E-state index in [4.69, 9.17) is 4.74 Å². The molecule has 2 fully saturated rings. The number of amides is 2.